The Bertz CT molecular complexity index is 1780. The van der Waals surface area contributed by atoms with Gasteiger partial charge in [-0.3, -0.25) is 9.59 Å². The van der Waals surface area contributed by atoms with Crippen LogP contribution in [0.5, 0.6) is 0 Å². The molecule has 1 aliphatic heterocycles. The third-order valence-corrected chi connectivity index (χ3v) is 8.23. The third kappa shape index (κ3) is 7.51. The van der Waals surface area contributed by atoms with E-state index in [4.69, 9.17) is 11.6 Å². The van der Waals surface area contributed by atoms with E-state index in [1.807, 2.05) is 83.8 Å². The number of rotatable bonds is 9. The molecule has 3 heterocycles. The minimum Gasteiger partial charge on any atom is -0.336 e. The van der Waals surface area contributed by atoms with E-state index in [1.165, 1.54) is 11.6 Å². The average Bonchev–Trinajstić information content (AvgIpc) is 3.10. The van der Waals surface area contributed by atoms with Crippen LogP contribution in [0.1, 0.15) is 27.8 Å². The van der Waals surface area contributed by atoms with E-state index in [1.54, 1.807) is 35.5 Å². The molecule has 8 heteroatoms. The van der Waals surface area contributed by atoms with E-state index in [0.717, 1.165) is 39.9 Å². The van der Waals surface area contributed by atoms with Gasteiger partial charge in [-0.15, -0.1) is 0 Å². The second-order valence-corrected chi connectivity index (χ2v) is 11.4. The van der Waals surface area contributed by atoms with Crippen LogP contribution in [0, 0.1) is 0 Å². The van der Waals surface area contributed by atoms with Crippen molar-refractivity contribution in [2.75, 3.05) is 6.54 Å². The summed E-state index contributed by atoms with van der Waals surface area (Å²) in [5, 5.41) is 8.56. The zero-order valence-corrected chi connectivity index (χ0v) is 25.4. The van der Waals surface area contributed by atoms with Gasteiger partial charge < -0.3 is 9.80 Å². The van der Waals surface area contributed by atoms with Crippen LogP contribution in [-0.4, -0.2) is 49.4 Å². The van der Waals surface area contributed by atoms with Crippen LogP contribution in [0.15, 0.2) is 122 Å². The van der Waals surface area contributed by atoms with Crippen LogP contribution in [0.4, 0.5) is 0 Å². The minimum atomic E-state index is -0.724. The van der Waals surface area contributed by atoms with Crippen molar-refractivity contribution >= 4 is 29.5 Å². The molecule has 0 saturated carbocycles. The van der Waals surface area contributed by atoms with Crippen molar-refractivity contribution in [2.45, 2.75) is 32.0 Å². The number of fused-ring (bicyclic) bond motifs is 1. The quantitative estimate of drug-likeness (QED) is 0.141. The monoisotopic (exact) mass is 613 g/mol. The Kier molecular flexibility index (Phi) is 9.37. The van der Waals surface area contributed by atoms with Gasteiger partial charge >= 0.3 is 0 Å². The first-order valence-corrected chi connectivity index (χ1v) is 15.3. The van der Waals surface area contributed by atoms with Gasteiger partial charge in [0.1, 0.15) is 11.2 Å². The highest BCUT2D eigenvalue weighted by Gasteiger charge is 2.34. The van der Waals surface area contributed by atoms with E-state index in [2.05, 4.69) is 27.3 Å². The van der Waals surface area contributed by atoms with Crippen LogP contribution < -0.4 is 0 Å². The van der Waals surface area contributed by atoms with E-state index in [0.29, 0.717) is 24.7 Å². The first-order valence-electron chi connectivity index (χ1n) is 14.9. The lowest BCUT2D eigenvalue weighted by Gasteiger charge is -2.37. The van der Waals surface area contributed by atoms with E-state index in [-0.39, 0.29) is 18.4 Å². The molecule has 0 bridgehead atoms. The predicted octanol–water partition coefficient (Wildman–Crippen LogP) is 6.43. The lowest BCUT2D eigenvalue weighted by molar-refractivity contribution is -0.144. The molecule has 1 atom stereocenters. The van der Waals surface area contributed by atoms with E-state index in [9.17, 15) is 9.59 Å². The van der Waals surface area contributed by atoms with Gasteiger partial charge in [-0.25, -0.2) is 4.98 Å². The van der Waals surface area contributed by atoms with Crippen LogP contribution in [0.2, 0.25) is 5.15 Å². The van der Waals surface area contributed by atoms with Gasteiger partial charge in [0.05, 0.1) is 5.69 Å². The topological polar surface area (TPSA) is 79.3 Å². The van der Waals surface area contributed by atoms with Crippen LogP contribution in [0.25, 0.3) is 17.3 Å². The predicted molar refractivity (Wildman–Crippen MR) is 176 cm³/mol. The average molecular weight is 614 g/mol. The Hall–Kier alpha value is -5.14. The Morgan fingerprint density at radius 2 is 1.64 bits per heavy atom. The summed E-state index contributed by atoms with van der Waals surface area (Å²) in [4.78, 5) is 36.3. The Morgan fingerprint density at radius 1 is 0.867 bits per heavy atom. The van der Waals surface area contributed by atoms with Crippen LogP contribution in [-0.2, 0) is 35.5 Å². The van der Waals surface area contributed by atoms with Gasteiger partial charge in [0.15, 0.2) is 0 Å². The second kappa shape index (κ2) is 14.1. The summed E-state index contributed by atoms with van der Waals surface area (Å²) in [6, 6.07) is 32.5. The molecule has 45 heavy (non-hydrogen) atoms. The smallest absolute Gasteiger partial charge is 0.247 e. The van der Waals surface area contributed by atoms with Crippen molar-refractivity contribution < 1.29 is 9.59 Å². The highest BCUT2D eigenvalue weighted by atomic mass is 35.5. The number of amides is 2. The molecular weight excluding hydrogens is 582 g/mol. The molecule has 0 saturated heterocycles. The number of benzene rings is 3. The first kappa shape index (κ1) is 29.9. The molecule has 2 amide bonds. The summed E-state index contributed by atoms with van der Waals surface area (Å²) >= 11 is 5.96. The number of carbonyl (C=O) groups is 2. The maximum atomic E-state index is 14.5. The molecule has 3 aromatic carbocycles. The Balaban J connectivity index is 1.34. The van der Waals surface area contributed by atoms with Crippen molar-refractivity contribution in [3.05, 3.63) is 155 Å². The zero-order valence-electron chi connectivity index (χ0n) is 24.7. The molecule has 0 fully saturated rings. The van der Waals surface area contributed by atoms with Crippen molar-refractivity contribution in [3.8, 4) is 11.3 Å². The fraction of sp³-hybridized carbons (Fsp3) is 0.162. The fourth-order valence-electron chi connectivity index (χ4n) is 5.59. The van der Waals surface area contributed by atoms with Crippen LogP contribution in [0.3, 0.4) is 0 Å². The van der Waals surface area contributed by atoms with Crippen molar-refractivity contribution in [1.29, 1.82) is 0 Å². The Morgan fingerprint density at radius 3 is 2.38 bits per heavy atom. The molecule has 0 aliphatic carbocycles. The van der Waals surface area contributed by atoms with Gasteiger partial charge in [-0.1, -0.05) is 96.5 Å². The molecule has 224 valence electrons. The number of hydrogen-bond donors (Lipinski definition) is 0. The molecule has 0 spiro atoms. The molecule has 0 N–H and O–H groups in total. The maximum absolute atomic E-state index is 14.5. The van der Waals surface area contributed by atoms with Crippen molar-refractivity contribution in [2.24, 2.45) is 0 Å². The number of pyridine rings is 1. The van der Waals surface area contributed by atoms with Gasteiger partial charge in [-0.2, -0.15) is 10.2 Å². The lowest BCUT2D eigenvalue weighted by atomic mass is 9.97. The molecule has 2 aromatic heterocycles. The molecule has 7 nitrogen and oxygen atoms in total. The minimum absolute atomic E-state index is 0.0700. The summed E-state index contributed by atoms with van der Waals surface area (Å²) in [6.07, 6.45) is 7.63. The molecule has 0 radical (unpaired) electrons. The van der Waals surface area contributed by atoms with Crippen molar-refractivity contribution in [3.63, 3.8) is 0 Å². The van der Waals surface area contributed by atoms with Crippen molar-refractivity contribution in [1.82, 2.24) is 25.0 Å². The summed E-state index contributed by atoms with van der Waals surface area (Å²) in [6.45, 7) is 1.36. The normalized spacial score (nSPS) is 13.3. The maximum Gasteiger partial charge on any atom is 0.247 e. The molecular formula is C37H32ClN5O2. The standard InChI is InChI=1S/C37H32ClN5O2/c38-35-18-14-28(24-39-35)15-19-36(44)43(25-29-12-16-31(17-13-29)33-11-6-21-40-41-33)34(23-27-7-2-1-3-8-27)37(45)42-22-20-30-9-4-5-10-32(30)26-42/h1-19,21,24,34H,20,22-23,25-26H2/b19-15+/t34-/m0/s1. The molecule has 0 unspecified atom stereocenters. The van der Waals surface area contributed by atoms with Gasteiger partial charge in [0.25, 0.3) is 0 Å². The highest BCUT2D eigenvalue weighted by molar-refractivity contribution is 6.29. The Labute approximate surface area is 267 Å². The van der Waals surface area contributed by atoms with Gasteiger partial charge in [0.2, 0.25) is 11.8 Å². The second-order valence-electron chi connectivity index (χ2n) is 11.0. The first-order chi connectivity index (χ1) is 22.0. The molecule has 5 aromatic rings. The zero-order chi connectivity index (χ0) is 31.0. The number of carbonyl (C=O) groups excluding carboxylic acids is 2. The number of halogens is 1. The fourth-order valence-corrected chi connectivity index (χ4v) is 5.70. The van der Waals surface area contributed by atoms with Gasteiger partial charge in [-0.05, 0) is 58.5 Å². The SMILES string of the molecule is O=C([C@H](Cc1ccccc1)N(Cc1ccc(-c2cccnn2)cc1)C(=O)/C=C/c1ccc(Cl)nc1)N1CCc2ccccc2C1. The summed E-state index contributed by atoms with van der Waals surface area (Å²) in [5.41, 5.74) is 6.70. The third-order valence-electron chi connectivity index (χ3n) is 8.00. The number of aromatic nitrogens is 3. The summed E-state index contributed by atoms with van der Waals surface area (Å²) in [7, 11) is 0. The lowest BCUT2D eigenvalue weighted by Crippen LogP contribution is -2.52. The highest BCUT2D eigenvalue weighted by Crippen LogP contribution is 2.24. The van der Waals surface area contributed by atoms with Gasteiger partial charge in [0, 0.05) is 50.1 Å². The largest absolute Gasteiger partial charge is 0.336 e. The molecule has 6 rings (SSSR count). The van der Waals surface area contributed by atoms with E-state index >= 15 is 0 Å². The number of nitrogens with zero attached hydrogens (tertiary/aromatic N) is 5. The summed E-state index contributed by atoms with van der Waals surface area (Å²) in [5.74, 6) is -0.339. The summed E-state index contributed by atoms with van der Waals surface area (Å²) < 4.78 is 0. The number of hydrogen-bond acceptors (Lipinski definition) is 5. The van der Waals surface area contributed by atoms with E-state index < -0.39 is 6.04 Å². The molecule has 1 aliphatic rings. The van der Waals surface area contributed by atoms with Crippen LogP contribution >= 0.6 is 11.6 Å².